The molecule has 0 fully saturated rings. The van der Waals surface area contributed by atoms with Crippen LogP contribution in [0.1, 0.15) is 60.3 Å². The van der Waals surface area contributed by atoms with Gasteiger partial charge >= 0.3 is 0 Å². The van der Waals surface area contributed by atoms with Gasteiger partial charge in [0, 0.05) is 5.92 Å². The second-order valence-electron chi connectivity index (χ2n) is 7.58. The Bertz CT molecular complexity index is 495. The van der Waals surface area contributed by atoms with Gasteiger partial charge in [0.15, 0.2) is 0 Å². The van der Waals surface area contributed by atoms with Crippen LogP contribution in [0.2, 0.25) is 16.6 Å². The molecule has 1 aliphatic rings. The molecule has 2 rings (SSSR count). The topological polar surface area (TPSA) is 31.6 Å². The molecule has 1 aliphatic heterocycles. The van der Waals surface area contributed by atoms with Gasteiger partial charge < -0.3 is 13.6 Å². The van der Waals surface area contributed by atoms with Crippen molar-refractivity contribution in [3.05, 3.63) is 36.0 Å². The molecule has 0 N–H and O–H groups in total. The number of hydrogen-bond donors (Lipinski definition) is 0. The molecule has 0 radical (unpaired) electrons. The molecular formula is C19H32O3Si. The zero-order valence-corrected chi connectivity index (χ0v) is 16.6. The van der Waals surface area contributed by atoms with Gasteiger partial charge in [-0.15, -0.1) is 0 Å². The van der Waals surface area contributed by atoms with E-state index in [0.717, 1.165) is 11.5 Å². The number of hydrogen-bond acceptors (Lipinski definition) is 3. The Morgan fingerprint density at radius 2 is 1.70 bits per heavy atom. The molecule has 0 saturated carbocycles. The standard InChI is InChI=1S/C19H32O3Si/c1-13(2)23(14(3)4,15(5)6)22-17-10-12-21-19(16(17)7)18-9-8-11-20-18/h8-11,13-16,19H,12H2,1-7H3/t16-,19+/m1/s1. The van der Waals surface area contributed by atoms with Crippen LogP contribution in [-0.2, 0) is 9.16 Å². The van der Waals surface area contributed by atoms with Crippen LogP contribution >= 0.6 is 0 Å². The van der Waals surface area contributed by atoms with E-state index in [2.05, 4.69) is 54.5 Å². The Morgan fingerprint density at radius 1 is 1.09 bits per heavy atom. The third kappa shape index (κ3) is 3.43. The minimum Gasteiger partial charge on any atom is -0.546 e. The van der Waals surface area contributed by atoms with Crippen molar-refractivity contribution in [2.24, 2.45) is 5.92 Å². The predicted octanol–water partition coefficient (Wildman–Crippen LogP) is 6.06. The summed E-state index contributed by atoms with van der Waals surface area (Å²) >= 11 is 0. The van der Waals surface area contributed by atoms with E-state index >= 15 is 0 Å². The lowest BCUT2D eigenvalue weighted by Gasteiger charge is -2.45. The highest BCUT2D eigenvalue weighted by Crippen LogP contribution is 2.46. The average molecular weight is 337 g/mol. The summed E-state index contributed by atoms with van der Waals surface area (Å²) in [4.78, 5) is 0. The van der Waals surface area contributed by atoms with Gasteiger partial charge in [-0.2, -0.15) is 0 Å². The zero-order chi connectivity index (χ0) is 17.2. The fourth-order valence-corrected chi connectivity index (χ4v) is 9.57. The first-order chi connectivity index (χ1) is 10.8. The number of ether oxygens (including phenoxy) is 1. The Morgan fingerprint density at radius 3 is 2.17 bits per heavy atom. The number of furan rings is 1. The van der Waals surface area contributed by atoms with E-state index in [9.17, 15) is 0 Å². The van der Waals surface area contributed by atoms with Crippen LogP contribution in [0.15, 0.2) is 34.6 Å². The molecule has 1 aromatic rings. The maximum atomic E-state index is 6.88. The SMILES string of the molecule is CC(C)[Si](OC1=CCO[C@H](c2ccco2)[C@@H]1C)(C(C)C)C(C)C. The van der Waals surface area contributed by atoms with E-state index in [1.807, 2.05) is 12.1 Å². The fourth-order valence-electron chi connectivity index (χ4n) is 4.19. The van der Waals surface area contributed by atoms with E-state index in [-0.39, 0.29) is 12.0 Å². The Labute approximate surface area is 142 Å². The van der Waals surface area contributed by atoms with Crippen LogP contribution in [0, 0.1) is 5.92 Å². The fraction of sp³-hybridized carbons (Fsp3) is 0.684. The summed E-state index contributed by atoms with van der Waals surface area (Å²) in [6.45, 7) is 16.7. The maximum Gasteiger partial charge on any atom is 0.258 e. The minimum atomic E-state index is -1.93. The molecule has 2 heterocycles. The molecule has 0 amide bonds. The third-order valence-corrected chi connectivity index (χ3v) is 11.3. The summed E-state index contributed by atoms with van der Waals surface area (Å²) in [5, 5.41) is 0. The Kier molecular flexibility index (Phi) is 5.79. The van der Waals surface area contributed by atoms with Crippen LogP contribution in [0.3, 0.4) is 0 Å². The first kappa shape index (κ1) is 18.3. The lowest BCUT2D eigenvalue weighted by molar-refractivity contribution is 0.00167. The quantitative estimate of drug-likeness (QED) is 0.591. The van der Waals surface area contributed by atoms with Crippen molar-refractivity contribution >= 4 is 8.32 Å². The lowest BCUT2D eigenvalue weighted by atomic mass is 9.98. The Hall–Kier alpha value is -1.00. The molecule has 0 spiro atoms. The summed E-state index contributed by atoms with van der Waals surface area (Å²) < 4.78 is 18.4. The van der Waals surface area contributed by atoms with Crippen LogP contribution < -0.4 is 0 Å². The van der Waals surface area contributed by atoms with E-state index in [1.54, 1.807) is 6.26 Å². The molecule has 4 heteroatoms. The first-order valence-electron chi connectivity index (χ1n) is 8.84. The second kappa shape index (κ2) is 7.26. The van der Waals surface area contributed by atoms with Gasteiger partial charge in [-0.3, -0.25) is 0 Å². The van der Waals surface area contributed by atoms with Crippen molar-refractivity contribution in [3.8, 4) is 0 Å². The molecule has 3 nitrogen and oxygen atoms in total. The summed E-state index contributed by atoms with van der Waals surface area (Å²) in [7, 11) is -1.93. The minimum absolute atomic E-state index is 0.0526. The molecule has 0 aliphatic carbocycles. The van der Waals surface area contributed by atoms with Gasteiger partial charge in [0.2, 0.25) is 0 Å². The van der Waals surface area contributed by atoms with Crippen molar-refractivity contribution in [1.29, 1.82) is 0 Å². The predicted molar refractivity (Wildman–Crippen MR) is 96.8 cm³/mol. The molecule has 2 atom stereocenters. The monoisotopic (exact) mass is 336 g/mol. The normalized spacial score (nSPS) is 22.8. The van der Waals surface area contributed by atoms with Crippen LogP contribution in [0.4, 0.5) is 0 Å². The molecule has 23 heavy (non-hydrogen) atoms. The highest BCUT2D eigenvalue weighted by Gasteiger charge is 2.48. The highest BCUT2D eigenvalue weighted by atomic mass is 28.4. The van der Waals surface area contributed by atoms with Crippen molar-refractivity contribution in [1.82, 2.24) is 0 Å². The van der Waals surface area contributed by atoms with Gasteiger partial charge in [0.1, 0.15) is 11.9 Å². The van der Waals surface area contributed by atoms with Crippen molar-refractivity contribution < 1.29 is 13.6 Å². The van der Waals surface area contributed by atoms with Gasteiger partial charge in [-0.25, -0.2) is 0 Å². The highest BCUT2D eigenvalue weighted by molar-refractivity contribution is 6.77. The van der Waals surface area contributed by atoms with E-state index in [1.165, 1.54) is 0 Å². The molecular weight excluding hydrogens is 304 g/mol. The van der Waals surface area contributed by atoms with Gasteiger partial charge in [0.25, 0.3) is 8.32 Å². The molecule has 0 saturated heterocycles. The van der Waals surface area contributed by atoms with Crippen molar-refractivity contribution in [2.75, 3.05) is 6.61 Å². The maximum absolute atomic E-state index is 6.88. The molecule has 0 bridgehead atoms. The average Bonchev–Trinajstić information content (AvgIpc) is 2.99. The lowest BCUT2D eigenvalue weighted by Crippen LogP contribution is -2.48. The summed E-state index contributed by atoms with van der Waals surface area (Å²) in [6.07, 6.45) is 3.78. The molecule has 1 aromatic heterocycles. The second-order valence-corrected chi connectivity index (χ2v) is 13.0. The Balaban J connectivity index is 2.28. The summed E-state index contributed by atoms with van der Waals surface area (Å²) in [5.41, 5.74) is 1.71. The van der Waals surface area contributed by atoms with Crippen LogP contribution in [0.25, 0.3) is 0 Å². The van der Waals surface area contributed by atoms with Gasteiger partial charge in [0.05, 0.1) is 18.6 Å². The summed E-state index contributed by atoms with van der Waals surface area (Å²) in [6, 6.07) is 3.90. The van der Waals surface area contributed by atoms with E-state index in [0.29, 0.717) is 23.2 Å². The number of rotatable bonds is 6. The molecule has 130 valence electrons. The summed E-state index contributed by atoms with van der Waals surface area (Å²) in [5.74, 6) is 2.16. The van der Waals surface area contributed by atoms with Gasteiger partial charge in [-0.1, -0.05) is 48.5 Å². The van der Waals surface area contributed by atoms with Crippen LogP contribution in [0.5, 0.6) is 0 Å². The van der Waals surface area contributed by atoms with E-state index in [4.69, 9.17) is 13.6 Å². The van der Waals surface area contributed by atoms with Crippen LogP contribution in [-0.4, -0.2) is 14.9 Å². The molecule has 0 aromatic carbocycles. The smallest absolute Gasteiger partial charge is 0.258 e. The molecule has 0 unspecified atom stereocenters. The largest absolute Gasteiger partial charge is 0.546 e. The first-order valence-corrected chi connectivity index (χ1v) is 11.0. The van der Waals surface area contributed by atoms with Gasteiger partial charge in [-0.05, 0) is 34.8 Å². The van der Waals surface area contributed by atoms with Crippen molar-refractivity contribution in [2.45, 2.75) is 71.2 Å². The zero-order valence-electron chi connectivity index (χ0n) is 15.6. The third-order valence-electron chi connectivity index (χ3n) is 5.29. The van der Waals surface area contributed by atoms with Crippen molar-refractivity contribution in [3.63, 3.8) is 0 Å². The van der Waals surface area contributed by atoms with E-state index < -0.39 is 8.32 Å².